The Kier molecular flexibility index (Phi) is 3.73. The molecule has 0 aliphatic carbocycles. The van der Waals surface area contributed by atoms with E-state index in [0.29, 0.717) is 12.1 Å². The van der Waals surface area contributed by atoms with Crippen molar-refractivity contribution in [2.75, 3.05) is 14.2 Å². The van der Waals surface area contributed by atoms with Gasteiger partial charge in [0.05, 0.1) is 6.54 Å². The third-order valence-corrected chi connectivity index (χ3v) is 3.69. The predicted molar refractivity (Wildman–Crippen MR) is 72.1 cm³/mol. The number of nitrogens with zero attached hydrogens (tertiary/aromatic N) is 1. The van der Waals surface area contributed by atoms with Crippen LogP contribution in [-0.4, -0.2) is 30.9 Å². The van der Waals surface area contributed by atoms with Crippen molar-refractivity contribution in [3.8, 4) is 0 Å². The highest BCUT2D eigenvalue weighted by Gasteiger charge is 2.49. The molecule has 1 aliphatic rings. The summed E-state index contributed by atoms with van der Waals surface area (Å²) in [5.74, 6) is -1.14. The van der Waals surface area contributed by atoms with E-state index in [2.05, 4.69) is 0 Å². The van der Waals surface area contributed by atoms with Crippen LogP contribution in [0.4, 0.5) is 0 Å². The maximum Gasteiger partial charge on any atom is 0.278 e. The van der Waals surface area contributed by atoms with Gasteiger partial charge in [0.1, 0.15) is 0 Å². The van der Waals surface area contributed by atoms with Gasteiger partial charge in [0, 0.05) is 25.4 Å². The first kappa shape index (κ1) is 13.8. The molecule has 0 bridgehead atoms. The van der Waals surface area contributed by atoms with E-state index in [1.165, 1.54) is 0 Å². The summed E-state index contributed by atoms with van der Waals surface area (Å²) in [5.41, 5.74) is 2.52. The van der Waals surface area contributed by atoms with Gasteiger partial charge in [-0.25, -0.2) is 0 Å². The van der Waals surface area contributed by atoms with Crippen LogP contribution in [-0.2, 0) is 20.8 Å². The number of carbonyl (C=O) groups excluding carboxylic acids is 1. The summed E-state index contributed by atoms with van der Waals surface area (Å²) in [7, 11) is 3.10. The lowest BCUT2D eigenvalue weighted by molar-refractivity contribution is -0.257. The first-order valence-corrected chi connectivity index (χ1v) is 6.21. The van der Waals surface area contributed by atoms with E-state index in [0.717, 1.165) is 11.1 Å². The molecule has 19 heavy (non-hydrogen) atoms. The molecule has 0 aromatic heterocycles. The molecule has 0 atom stereocenters. The molecule has 0 saturated heterocycles. The van der Waals surface area contributed by atoms with Crippen molar-refractivity contribution in [1.29, 1.82) is 0 Å². The van der Waals surface area contributed by atoms with Gasteiger partial charge in [0.2, 0.25) is 0 Å². The topological polar surface area (TPSA) is 38.8 Å². The molecule has 0 saturated carbocycles. The average molecular weight is 261 g/mol. The standard InChI is InChI=1S/C15H19NO3/c1-11-12(2)15(18-3,19-4)16(14(11)17)10-13-8-6-5-7-9-13/h5-9H,10H2,1-4H3. The molecule has 1 heterocycles. The van der Waals surface area contributed by atoms with Gasteiger partial charge in [-0.05, 0) is 19.4 Å². The van der Waals surface area contributed by atoms with Crippen LogP contribution in [0, 0.1) is 0 Å². The van der Waals surface area contributed by atoms with Crippen LogP contribution in [0.15, 0.2) is 41.5 Å². The lowest BCUT2D eigenvalue weighted by Gasteiger charge is -2.36. The van der Waals surface area contributed by atoms with Gasteiger partial charge < -0.3 is 9.47 Å². The zero-order chi connectivity index (χ0) is 14.0. The summed E-state index contributed by atoms with van der Waals surface area (Å²) in [6, 6.07) is 9.80. The Hall–Kier alpha value is -1.65. The zero-order valence-electron chi connectivity index (χ0n) is 11.8. The molecule has 0 radical (unpaired) electrons. The highest BCUT2D eigenvalue weighted by Crippen LogP contribution is 2.37. The van der Waals surface area contributed by atoms with E-state index in [1.54, 1.807) is 26.0 Å². The molecule has 1 aromatic rings. The fraction of sp³-hybridized carbons (Fsp3) is 0.400. The molecule has 102 valence electrons. The van der Waals surface area contributed by atoms with Gasteiger partial charge in [-0.15, -0.1) is 0 Å². The van der Waals surface area contributed by atoms with Crippen molar-refractivity contribution < 1.29 is 14.3 Å². The summed E-state index contributed by atoms with van der Waals surface area (Å²) in [6.07, 6.45) is 0. The normalized spacial score (nSPS) is 18.3. The van der Waals surface area contributed by atoms with E-state index in [4.69, 9.17) is 9.47 Å². The molecule has 0 unspecified atom stereocenters. The maximum atomic E-state index is 12.4. The van der Waals surface area contributed by atoms with Crippen molar-refractivity contribution in [1.82, 2.24) is 4.90 Å². The van der Waals surface area contributed by atoms with Crippen molar-refractivity contribution in [3.63, 3.8) is 0 Å². The van der Waals surface area contributed by atoms with E-state index in [9.17, 15) is 4.79 Å². The number of amides is 1. The Morgan fingerprint density at radius 2 is 1.68 bits per heavy atom. The molecular weight excluding hydrogens is 242 g/mol. The minimum atomic E-state index is -1.09. The average Bonchev–Trinajstić information content (AvgIpc) is 2.63. The maximum absolute atomic E-state index is 12.4. The van der Waals surface area contributed by atoms with E-state index in [-0.39, 0.29) is 5.91 Å². The number of hydrogen-bond acceptors (Lipinski definition) is 3. The summed E-state index contributed by atoms with van der Waals surface area (Å²) >= 11 is 0. The molecule has 1 aliphatic heterocycles. The largest absolute Gasteiger partial charge is 0.332 e. The van der Waals surface area contributed by atoms with Crippen molar-refractivity contribution in [2.45, 2.75) is 26.3 Å². The second-order valence-electron chi connectivity index (χ2n) is 4.62. The minimum Gasteiger partial charge on any atom is -0.332 e. The fourth-order valence-corrected chi connectivity index (χ4v) is 2.49. The Morgan fingerprint density at radius 3 is 2.21 bits per heavy atom. The smallest absolute Gasteiger partial charge is 0.278 e. The first-order chi connectivity index (χ1) is 9.06. The number of benzene rings is 1. The van der Waals surface area contributed by atoms with Crippen LogP contribution < -0.4 is 0 Å². The van der Waals surface area contributed by atoms with Gasteiger partial charge in [0.15, 0.2) is 0 Å². The molecule has 4 heteroatoms. The van der Waals surface area contributed by atoms with Crippen molar-refractivity contribution >= 4 is 5.91 Å². The fourth-order valence-electron chi connectivity index (χ4n) is 2.49. The molecular formula is C15H19NO3. The Labute approximate surface area is 113 Å². The number of hydrogen-bond donors (Lipinski definition) is 0. The van der Waals surface area contributed by atoms with Crippen molar-refractivity contribution in [2.24, 2.45) is 0 Å². The number of carbonyl (C=O) groups is 1. The van der Waals surface area contributed by atoms with Crippen LogP contribution in [0.1, 0.15) is 19.4 Å². The van der Waals surface area contributed by atoms with Crippen LogP contribution in [0.2, 0.25) is 0 Å². The monoisotopic (exact) mass is 261 g/mol. The molecule has 0 fully saturated rings. The van der Waals surface area contributed by atoms with Crippen LogP contribution in [0.3, 0.4) is 0 Å². The van der Waals surface area contributed by atoms with Gasteiger partial charge in [-0.3, -0.25) is 9.69 Å². The van der Waals surface area contributed by atoms with Crippen LogP contribution in [0.5, 0.6) is 0 Å². The highest BCUT2D eigenvalue weighted by molar-refractivity contribution is 5.97. The van der Waals surface area contributed by atoms with Gasteiger partial charge in [-0.2, -0.15) is 0 Å². The summed E-state index contributed by atoms with van der Waals surface area (Å²) in [4.78, 5) is 14.0. The Balaban J connectivity index is 2.36. The minimum absolute atomic E-state index is 0.0509. The quantitative estimate of drug-likeness (QED) is 0.781. The van der Waals surface area contributed by atoms with Crippen LogP contribution >= 0.6 is 0 Å². The summed E-state index contributed by atoms with van der Waals surface area (Å²) < 4.78 is 11.0. The molecule has 1 amide bonds. The molecule has 4 nitrogen and oxygen atoms in total. The number of methoxy groups -OCH3 is 2. The van der Waals surface area contributed by atoms with Gasteiger partial charge in [0.25, 0.3) is 11.8 Å². The number of rotatable bonds is 4. The third-order valence-electron chi connectivity index (χ3n) is 3.69. The van der Waals surface area contributed by atoms with Gasteiger partial charge in [-0.1, -0.05) is 30.3 Å². The van der Waals surface area contributed by atoms with Crippen molar-refractivity contribution in [3.05, 3.63) is 47.0 Å². The Bertz CT molecular complexity index is 503. The molecule has 1 aromatic carbocycles. The first-order valence-electron chi connectivity index (χ1n) is 6.21. The lowest BCUT2D eigenvalue weighted by Crippen LogP contribution is -2.50. The number of ether oxygens (including phenoxy) is 2. The molecule has 0 spiro atoms. The predicted octanol–water partition coefficient (Wildman–Crippen LogP) is 2.31. The second-order valence-corrected chi connectivity index (χ2v) is 4.62. The van der Waals surface area contributed by atoms with E-state index >= 15 is 0 Å². The molecule has 0 N–H and O–H groups in total. The summed E-state index contributed by atoms with van der Waals surface area (Å²) in [6.45, 7) is 4.12. The molecule has 2 rings (SSSR count). The third kappa shape index (κ3) is 2.07. The second kappa shape index (κ2) is 5.15. The highest BCUT2D eigenvalue weighted by atomic mass is 16.7. The lowest BCUT2D eigenvalue weighted by atomic mass is 10.1. The SMILES string of the molecule is COC1(OC)C(C)=C(C)C(=O)N1Cc1ccccc1. The van der Waals surface area contributed by atoms with Gasteiger partial charge >= 0.3 is 0 Å². The zero-order valence-corrected chi connectivity index (χ0v) is 11.8. The van der Waals surface area contributed by atoms with Crippen LogP contribution in [0.25, 0.3) is 0 Å². The van der Waals surface area contributed by atoms with E-state index < -0.39 is 5.91 Å². The Morgan fingerprint density at radius 1 is 1.11 bits per heavy atom. The van der Waals surface area contributed by atoms with E-state index in [1.807, 2.05) is 37.3 Å². The summed E-state index contributed by atoms with van der Waals surface area (Å²) in [5, 5.41) is 0.